The number of carbonyl (C=O) groups excluding carboxylic acids is 1. The van der Waals surface area contributed by atoms with Crippen molar-refractivity contribution in [3.63, 3.8) is 0 Å². The van der Waals surface area contributed by atoms with Crippen LogP contribution in [0.25, 0.3) is 0 Å². The quantitative estimate of drug-likeness (QED) is 0.848. The highest BCUT2D eigenvalue weighted by Gasteiger charge is 2.25. The fourth-order valence-electron chi connectivity index (χ4n) is 3.22. The number of aliphatic hydroxyl groups excluding tert-OH is 1. The van der Waals surface area contributed by atoms with Gasteiger partial charge in [-0.05, 0) is 37.3 Å². The maximum Gasteiger partial charge on any atom is 0.224 e. The maximum absolute atomic E-state index is 13.6. The number of rotatable bonds is 6. The number of carbonyl (C=O) groups is 1. The lowest BCUT2D eigenvalue weighted by molar-refractivity contribution is -0.121. The SMILES string of the molecule is O=C(Cc1c(F)cccc1F)NC(CCO)C1CCCCC1. The van der Waals surface area contributed by atoms with Crippen molar-refractivity contribution in [3.05, 3.63) is 35.4 Å². The van der Waals surface area contributed by atoms with E-state index in [0.29, 0.717) is 12.3 Å². The monoisotopic (exact) mass is 311 g/mol. The molecular formula is C17H23F2NO2. The van der Waals surface area contributed by atoms with E-state index in [2.05, 4.69) is 5.32 Å². The third-order valence-corrected chi connectivity index (χ3v) is 4.40. The normalized spacial score (nSPS) is 17.2. The van der Waals surface area contributed by atoms with Crippen LogP contribution in [0.1, 0.15) is 44.1 Å². The van der Waals surface area contributed by atoms with Crippen LogP contribution in [-0.2, 0) is 11.2 Å². The van der Waals surface area contributed by atoms with Gasteiger partial charge >= 0.3 is 0 Å². The fourth-order valence-corrected chi connectivity index (χ4v) is 3.22. The van der Waals surface area contributed by atoms with Gasteiger partial charge in [-0.3, -0.25) is 4.79 Å². The first-order chi connectivity index (χ1) is 10.6. The van der Waals surface area contributed by atoms with Crippen LogP contribution in [0.2, 0.25) is 0 Å². The Hall–Kier alpha value is -1.49. The molecule has 1 aliphatic carbocycles. The molecule has 0 spiro atoms. The molecule has 1 aliphatic rings. The largest absolute Gasteiger partial charge is 0.396 e. The number of hydrogen-bond acceptors (Lipinski definition) is 2. The summed E-state index contributed by atoms with van der Waals surface area (Å²) in [4.78, 5) is 12.1. The molecule has 0 radical (unpaired) electrons. The molecule has 0 saturated heterocycles. The van der Waals surface area contributed by atoms with Crippen molar-refractivity contribution in [1.29, 1.82) is 0 Å². The number of benzene rings is 1. The molecule has 5 heteroatoms. The molecule has 22 heavy (non-hydrogen) atoms. The van der Waals surface area contributed by atoms with E-state index >= 15 is 0 Å². The number of amides is 1. The smallest absolute Gasteiger partial charge is 0.224 e. The van der Waals surface area contributed by atoms with Crippen LogP contribution in [-0.4, -0.2) is 23.7 Å². The zero-order chi connectivity index (χ0) is 15.9. The highest BCUT2D eigenvalue weighted by atomic mass is 19.1. The first-order valence-corrected chi connectivity index (χ1v) is 7.95. The summed E-state index contributed by atoms with van der Waals surface area (Å²) in [5, 5.41) is 12.0. The molecule has 1 atom stereocenters. The van der Waals surface area contributed by atoms with E-state index in [1.165, 1.54) is 12.5 Å². The van der Waals surface area contributed by atoms with Crippen LogP contribution < -0.4 is 5.32 Å². The van der Waals surface area contributed by atoms with E-state index in [1.54, 1.807) is 0 Å². The summed E-state index contributed by atoms with van der Waals surface area (Å²) < 4.78 is 27.2. The topological polar surface area (TPSA) is 49.3 Å². The predicted molar refractivity (Wildman–Crippen MR) is 80.3 cm³/mol. The molecule has 3 nitrogen and oxygen atoms in total. The first-order valence-electron chi connectivity index (χ1n) is 7.95. The highest BCUT2D eigenvalue weighted by molar-refractivity contribution is 5.79. The minimum atomic E-state index is -0.702. The minimum Gasteiger partial charge on any atom is -0.396 e. The molecule has 122 valence electrons. The molecule has 2 rings (SSSR count). The zero-order valence-corrected chi connectivity index (χ0v) is 12.7. The first kappa shape index (κ1) is 16.9. The van der Waals surface area contributed by atoms with E-state index in [1.807, 2.05) is 0 Å². The predicted octanol–water partition coefficient (Wildman–Crippen LogP) is 2.95. The summed E-state index contributed by atoms with van der Waals surface area (Å²) in [6, 6.07) is 3.46. The second kappa shape index (κ2) is 8.22. The Morgan fingerprint density at radius 3 is 2.45 bits per heavy atom. The summed E-state index contributed by atoms with van der Waals surface area (Å²) in [6.45, 7) is -0.00446. The van der Waals surface area contributed by atoms with E-state index in [9.17, 15) is 18.7 Å². The summed E-state index contributed by atoms with van der Waals surface area (Å²) in [5.41, 5.74) is -0.202. The zero-order valence-electron chi connectivity index (χ0n) is 12.7. The van der Waals surface area contributed by atoms with Crippen molar-refractivity contribution in [2.45, 2.75) is 51.0 Å². The maximum atomic E-state index is 13.6. The van der Waals surface area contributed by atoms with Crippen LogP contribution in [0.4, 0.5) is 8.78 Å². The number of nitrogens with one attached hydrogen (secondary N) is 1. The van der Waals surface area contributed by atoms with Gasteiger partial charge in [0.1, 0.15) is 11.6 Å². The molecule has 1 unspecified atom stereocenters. The molecule has 2 N–H and O–H groups in total. The Morgan fingerprint density at radius 1 is 1.23 bits per heavy atom. The summed E-state index contributed by atoms with van der Waals surface area (Å²) in [7, 11) is 0. The third kappa shape index (κ3) is 4.50. The lowest BCUT2D eigenvalue weighted by Crippen LogP contribution is -2.42. The highest BCUT2D eigenvalue weighted by Crippen LogP contribution is 2.27. The van der Waals surface area contributed by atoms with Crippen molar-refractivity contribution in [3.8, 4) is 0 Å². The molecule has 0 aliphatic heterocycles. The molecule has 1 aromatic rings. The van der Waals surface area contributed by atoms with Gasteiger partial charge in [-0.1, -0.05) is 25.3 Å². The van der Waals surface area contributed by atoms with E-state index in [4.69, 9.17) is 0 Å². The van der Waals surface area contributed by atoms with Gasteiger partial charge in [0.15, 0.2) is 0 Å². The average Bonchev–Trinajstić information content (AvgIpc) is 2.51. The number of halogens is 2. The lowest BCUT2D eigenvalue weighted by Gasteiger charge is -2.30. The number of aliphatic hydroxyl groups is 1. The molecule has 0 bridgehead atoms. The summed E-state index contributed by atoms with van der Waals surface area (Å²) >= 11 is 0. The van der Waals surface area contributed by atoms with Gasteiger partial charge < -0.3 is 10.4 Å². The van der Waals surface area contributed by atoms with Gasteiger partial charge in [-0.25, -0.2) is 8.78 Å². The Kier molecular flexibility index (Phi) is 6.31. The molecular weight excluding hydrogens is 288 g/mol. The van der Waals surface area contributed by atoms with E-state index < -0.39 is 17.5 Å². The minimum absolute atomic E-state index is 0.00446. The van der Waals surface area contributed by atoms with Gasteiger partial charge in [0.05, 0.1) is 6.42 Å². The van der Waals surface area contributed by atoms with Gasteiger partial charge in [-0.2, -0.15) is 0 Å². The van der Waals surface area contributed by atoms with E-state index in [-0.39, 0.29) is 24.6 Å². The Bertz CT molecular complexity index is 481. The molecule has 0 heterocycles. The second-order valence-corrected chi connectivity index (χ2v) is 5.96. The second-order valence-electron chi connectivity index (χ2n) is 5.96. The van der Waals surface area contributed by atoms with Crippen molar-refractivity contribution < 1.29 is 18.7 Å². The molecule has 1 fully saturated rings. The lowest BCUT2D eigenvalue weighted by atomic mass is 9.82. The Labute approximate surface area is 129 Å². The van der Waals surface area contributed by atoms with Crippen molar-refractivity contribution >= 4 is 5.91 Å². The van der Waals surface area contributed by atoms with Crippen molar-refractivity contribution in [2.75, 3.05) is 6.61 Å². The fraction of sp³-hybridized carbons (Fsp3) is 0.588. The van der Waals surface area contributed by atoms with Crippen LogP contribution in [0.3, 0.4) is 0 Å². The third-order valence-electron chi connectivity index (χ3n) is 4.40. The Morgan fingerprint density at radius 2 is 1.86 bits per heavy atom. The van der Waals surface area contributed by atoms with Gasteiger partial charge in [0.25, 0.3) is 0 Å². The summed E-state index contributed by atoms with van der Waals surface area (Å²) in [6.07, 6.45) is 5.69. The number of hydrogen-bond donors (Lipinski definition) is 2. The van der Waals surface area contributed by atoms with Crippen LogP contribution in [0.5, 0.6) is 0 Å². The summed E-state index contributed by atoms with van der Waals surface area (Å²) in [5.74, 6) is -1.46. The Balaban J connectivity index is 1.98. The van der Waals surface area contributed by atoms with Crippen LogP contribution in [0.15, 0.2) is 18.2 Å². The average molecular weight is 311 g/mol. The van der Waals surface area contributed by atoms with E-state index in [0.717, 1.165) is 37.8 Å². The molecule has 1 amide bonds. The van der Waals surface area contributed by atoms with Crippen molar-refractivity contribution in [1.82, 2.24) is 5.32 Å². The van der Waals surface area contributed by atoms with Crippen molar-refractivity contribution in [2.24, 2.45) is 5.92 Å². The molecule has 1 saturated carbocycles. The van der Waals surface area contributed by atoms with Crippen LogP contribution in [0, 0.1) is 17.6 Å². The van der Waals surface area contributed by atoms with Crippen LogP contribution >= 0.6 is 0 Å². The van der Waals surface area contributed by atoms with Gasteiger partial charge in [0, 0.05) is 18.2 Å². The van der Waals surface area contributed by atoms with Gasteiger partial charge in [-0.15, -0.1) is 0 Å². The van der Waals surface area contributed by atoms with Gasteiger partial charge in [0.2, 0.25) is 5.91 Å². The molecule has 1 aromatic carbocycles. The standard InChI is InChI=1S/C17H23F2NO2/c18-14-7-4-8-15(19)13(14)11-17(22)20-16(9-10-21)12-5-2-1-3-6-12/h4,7-8,12,16,21H,1-3,5-6,9-11H2,(H,20,22). The molecule has 0 aromatic heterocycles.